The van der Waals surface area contributed by atoms with Crippen LogP contribution in [0.1, 0.15) is 68.0 Å². The maximum Gasteiger partial charge on any atom is 0.225 e. The highest BCUT2D eigenvalue weighted by atomic mass is 35.5. The molecule has 3 aliphatic rings. The summed E-state index contributed by atoms with van der Waals surface area (Å²) in [5.74, 6) is -0.260. The molecule has 1 N–H and O–H groups in total. The predicted molar refractivity (Wildman–Crippen MR) is 142 cm³/mol. The second-order valence-electron chi connectivity index (χ2n) is 11.3. The number of hydrogen-bond acceptors (Lipinski definition) is 6. The van der Waals surface area contributed by atoms with E-state index in [1.807, 2.05) is 11.8 Å². The summed E-state index contributed by atoms with van der Waals surface area (Å²) < 4.78 is 26.0. The van der Waals surface area contributed by atoms with Gasteiger partial charge in [0.05, 0.1) is 16.7 Å². The number of thiazole rings is 1. The molecular weight excluding hydrogens is 516 g/mol. The molecule has 6 atom stereocenters. The summed E-state index contributed by atoms with van der Waals surface area (Å²) in [6.45, 7) is 7.99. The number of carbonyl (C=O) groups excluding carboxylic acids is 1. The van der Waals surface area contributed by atoms with Gasteiger partial charge >= 0.3 is 0 Å². The smallest absolute Gasteiger partial charge is 0.225 e. The standard InChI is InChI=1S/C27H35ClN2O4S2/c1-16(26(32)30-12-4-5-13-30)20-10-11-27(3)14-21-24(17(2)23(27)25(20)31)29-22(35-21)15-36(33,34)19-8-6-18(28)7-9-19/h6-9,16-17,20,23,25,31H,4-5,10-15H2,1-3H3/t16-,17-,20-,23+,25-,27-/m0/s1. The summed E-state index contributed by atoms with van der Waals surface area (Å²) in [6.07, 6.45) is 4.09. The Bertz CT molecular complexity index is 1240. The van der Waals surface area contributed by atoms with Gasteiger partial charge < -0.3 is 10.0 Å². The third-order valence-corrected chi connectivity index (χ3v) is 12.1. The van der Waals surface area contributed by atoms with Crippen molar-refractivity contribution in [1.82, 2.24) is 9.88 Å². The number of halogens is 1. The van der Waals surface area contributed by atoms with Crippen LogP contribution in [0.25, 0.3) is 0 Å². The summed E-state index contributed by atoms with van der Waals surface area (Å²) in [5, 5.41) is 12.7. The fourth-order valence-corrected chi connectivity index (χ4v) is 10.1. The first-order valence-electron chi connectivity index (χ1n) is 12.9. The van der Waals surface area contributed by atoms with Crippen LogP contribution in [-0.4, -0.2) is 48.5 Å². The van der Waals surface area contributed by atoms with E-state index in [2.05, 4.69) is 13.8 Å². The average molecular weight is 551 g/mol. The number of rotatable bonds is 5. The zero-order chi connectivity index (χ0) is 25.8. The van der Waals surface area contributed by atoms with Crippen LogP contribution in [0.3, 0.4) is 0 Å². The van der Waals surface area contributed by atoms with Gasteiger partial charge in [0.2, 0.25) is 5.91 Å². The van der Waals surface area contributed by atoms with Crippen molar-refractivity contribution in [1.29, 1.82) is 0 Å². The van der Waals surface area contributed by atoms with Crippen molar-refractivity contribution < 1.29 is 18.3 Å². The number of hydrogen-bond donors (Lipinski definition) is 1. The van der Waals surface area contributed by atoms with Crippen LogP contribution in [0.15, 0.2) is 29.2 Å². The van der Waals surface area contributed by atoms with E-state index in [9.17, 15) is 18.3 Å². The van der Waals surface area contributed by atoms with Gasteiger partial charge in [0.15, 0.2) is 9.84 Å². The third kappa shape index (κ3) is 4.63. The van der Waals surface area contributed by atoms with Crippen molar-refractivity contribution in [2.24, 2.45) is 23.2 Å². The Balaban J connectivity index is 1.37. The number of aromatic nitrogens is 1. The molecule has 196 valence electrons. The molecule has 0 spiro atoms. The summed E-state index contributed by atoms with van der Waals surface area (Å²) >= 11 is 7.41. The quantitative estimate of drug-likeness (QED) is 0.561. The van der Waals surface area contributed by atoms with Crippen LogP contribution in [-0.2, 0) is 26.8 Å². The van der Waals surface area contributed by atoms with Crippen LogP contribution in [0, 0.1) is 23.2 Å². The lowest BCUT2D eigenvalue weighted by Crippen LogP contribution is -2.53. The monoisotopic (exact) mass is 550 g/mol. The van der Waals surface area contributed by atoms with Gasteiger partial charge in [0.25, 0.3) is 0 Å². The number of sulfone groups is 1. The Morgan fingerprint density at radius 1 is 1.28 bits per heavy atom. The third-order valence-electron chi connectivity index (χ3n) is 8.90. The average Bonchev–Trinajstić information content (AvgIpc) is 3.48. The molecule has 0 unspecified atom stereocenters. The minimum Gasteiger partial charge on any atom is -0.392 e. The van der Waals surface area contributed by atoms with Crippen LogP contribution in [0.5, 0.6) is 0 Å². The number of nitrogens with zero attached hydrogens (tertiary/aromatic N) is 2. The largest absolute Gasteiger partial charge is 0.392 e. The molecule has 36 heavy (non-hydrogen) atoms. The van der Waals surface area contributed by atoms with Crippen LogP contribution < -0.4 is 0 Å². The molecule has 2 heterocycles. The Labute approximate surface area is 223 Å². The molecule has 6 nitrogen and oxygen atoms in total. The highest BCUT2D eigenvalue weighted by Crippen LogP contribution is 2.57. The molecule has 2 fully saturated rings. The van der Waals surface area contributed by atoms with Gasteiger partial charge in [-0.25, -0.2) is 13.4 Å². The molecule has 0 bridgehead atoms. The summed E-state index contributed by atoms with van der Waals surface area (Å²) in [7, 11) is -3.54. The lowest BCUT2D eigenvalue weighted by atomic mass is 9.53. The molecular formula is C27H35ClN2O4S2. The van der Waals surface area contributed by atoms with Gasteiger partial charge in [-0.3, -0.25) is 4.79 Å². The van der Waals surface area contributed by atoms with E-state index in [0.29, 0.717) is 10.0 Å². The van der Waals surface area contributed by atoms with E-state index in [1.54, 1.807) is 12.1 Å². The van der Waals surface area contributed by atoms with E-state index in [1.165, 1.54) is 23.5 Å². The molecule has 1 aromatic heterocycles. The van der Waals surface area contributed by atoms with Crippen LogP contribution in [0.4, 0.5) is 0 Å². The molecule has 1 aliphatic heterocycles. The Hall–Kier alpha value is -1.48. The highest BCUT2D eigenvalue weighted by Gasteiger charge is 2.54. The highest BCUT2D eigenvalue weighted by molar-refractivity contribution is 7.90. The van der Waals surface area contributed by atoms with Crippen LogP contribution in [0.2, 0.25) is 5.02 Å². The first-order valence-corrected chi connectivity index (χ1v) is 15.8. The molecule has 0 radical (unpaired) electrons. The topological polar surface area (TPSA) is 87.6 Å². The van der Waals surface area contributed by atoms with Crippen LogP contribution >= 0.6 is 22.9 Å². The molecule has 1 amide bonds. The van der Waals surface area contributed by atoms with Crippen molar-refractivity contribution in [2.75, 3.05) is 13.1 Å². The molecule has 5 rings (SSSR count). The molecule has 2 aliphatic carbocycles. The van der Waals surface area contributed by atoms with E-state index in [-0.39, 0.29) is 45.6 Å². The molecule has 1 aromatic carbocycles. The van der Waals surface area contributed by atoms with Gasteiger partial charge in [-0.15, -0.1) is 11.3 Å². The van der Waals surface area contributed by atoms with Gasteiger partial charge in [0, 0.05) is 34.8 Å². The minimum atomic E-state index is -3.54. The number of fused-ring (bicyclic) bond motifs is 2. The van der Waals surface area contributed by atoms with Crippen molar-refractivity contribution in [2.45, 2.75) is 75.5 Å². The lowest BCUT2D eigenvalue weighted by molar-refractivity contribution is -0.143. The molecule has 1 saturated carbocycles. The second kappa shape index (κ2) is 9.68. The zero-order valence-corrected chi connectivity index (χ0v) is 23.5. The zero-order valence-electron chi connectivity index (χ0n) is 21.1. The number of amides is 1. The lowest BCUT2D eigenvalue weighted by Gasteiger charge is -2.53. The molecule has 1 saturated heterocycles. The first-order chi connectivity index (χ1) is 17.0. The number of benzene rings is 1. The first kappa shape index (κ1) is 26.1. The Kier molecular flexibility index (Phi) is 7.03. The minimum absolute atomic E-state index is 0.00567. The second-order valence-corrected chi connectivity index (χ2v) is 14.9. The number of likely N-dealkylation sites (tertiary alicyclic amines) is 1. The maximum atomic E-state index is 13.1. The maximum absolute atomic E-state index is 13.1. The summed E-state index contributed by atoms with van der Waals surface area (Å²) in [6, 6.07) is 6.24. The van der Waals surface area contributed by atoms with Gasteiger partial charge in [-0.1, -0.05) is 32.4 Å². The molecule has 9 heteroatoms. The Morgan fingerprint density at radius 3 is 2.61 bits per heavy atom. The normalized spacial score (nSPS) is 31.1. The van der Waals surface area contributed by atoms with Gasteiger partial charge in [-0.05, 0) is 73.6 Å². The van der Waals surface area contributed by atoms with E-state index in [4.69, 9.17) is 16.6 Å². The Morgan fingerprint density at radius 2 is 1.94 bits per heavy atom. The van der Waals surface area contributed by atoms with Gasteiger partial charge in [-0.2, -0.15) is 0 Å². The fraction of sp³-hybridized carbons (Fsp3) is 0.630. The predicted octanol–water partition coefficient (Wildman–Crippen LogP) is 5.08. The number of aliphatic hydroxyl groups excluding tert-OH is 1. The number of aliphatic hydroxyl groups is 1. The number of carbonyl (C=O) groups is 1. The van der Waals surface area contributed by atoms with Crippen molar-refractivity contribution in [3.63, 3.8) is 0 Å². The van der Waals surface area contributed by atoms with E-state index < -0.39 is 15.9 Å². The SMILES string of the molecule is C[C@H](C(=O)N1CCCC1)[C@@H]1CC[C@@]2(C)Cc3sc(CS(=O)(=O)c4ccc(Cl)cc4)nc3[C@@H](C)[C@@H]2[C@H]1O. The van der Waals surface area contributed by atoms with E-state index in [0.717, 1.165) is 55.8 Å². The summed E-state index contributed by atoms with van der Waals surface area (Å²) in [5.41, 5.74) is 0.819. The van der Waals surface area contributed by atoms with Crippen molar-refractivity contribution in [3.05, 3.63) is 44.9 Å². The van der Waals surface area contributed by atoms with Gasteiger partial charge in [0.1, 0.15) is 10.8 Å². The fourth-order valence-electron chi connectivity index (χ4n) is 6.96. The van der Waals surface area contributed by atoms with E-state index >= 15 is 0 Å². The van der Waals surface area contributed by atoms with Crippen molar-refractivity contribution in [3.8, 4) is 0 Å². The van der Waals surface area contributed by atoms with Crippen molar-refractivity contribution >= 4 is 38.7 Å². The summed E-state index contributed by atoms with van der Waals surface area (Å²) in [4.78, 5) is 21.3. The molecule has 2 aromatic rings.